The smallest absolute Gasteiger partial charge is 0.228 e. The van der Waals surface area contributed by atoms with E-state index in [1.54, 1.807) is 13.3 Å². The highest BCUT2D eigenvalue weighted by atomic mass is 16.5. The molecule has 1 fully saturated rings. The van der Waals surface area contributed by atoms with Crippen LogP contribution in [0.1, 0.15) is 29.5 Å². The minimum Gasteiger partial charge on any atom is -0.438 e. The van der Waals surface area contributed by atoms with Crippen LogP contribution in [0.3, 0.4) is 0 Å². The maximum Gasteiger partial charge on any atom is 0.228 e. The Labute approximate surface area is 148 Å². The average Bonchev–Trinajstić information content (AvgIpc) is 3.38. The van der Waals surface area contributed by atoms with E-state index < -0.39 is 0 Å². The van der Waals surface area contributed by atoms with Crippen LogP contribution in [0, 0.1) is 19.3 Å². The van der Waals surface area contributed by atoms with Gasteiger partial charge in [-0.15, -0.1) is 0 Å². The first kappa shape index (κ1) is 17.4. The summed E-state index contributed by atoms with van der Waals surface area (Å²) in [6.07, 6.45) is 3.46. The maximum absolute atomic E-state index is 12.4. The van der Waals surface area contributed by atoms with Crippen LogP contribution in [0.4, 0.5) is 0 Å². The topological polar surface area (TPSA) is 60.5 Å². The van der Waals surface area contributed by atoms with E-state index in [1.165, 1.54) is 0 Å². The molecule has 1 heterocycles. The summed E-state index contributed by atoms with van der Waals surface area (Å²) in [6.45, 7) is 4.87. The molecule has 0 bridgehead atoms. The average molecular weight is 340 g/mol. The number of carbonyl (C=O) groups is 1. The lowest BCUT2D eigenvalue weighted by Crippen LogP contribution is -2.34. The fourth-order valence-corrected chi connectivity index (χ4v) is 2.93. The molecule has 1 N–H and O–H groups in total. The largest absolute Gasteiger partial charge is 0.438 e. The highest BCUT2D eigenvalue weighted by Gasteiger charge is 2.49. The van der Waals surface area contributed by atoms with Crippen LogP contribution in [0.5, 0.6) is 11.6 Å². The summed E-state index contributed by atoms with van der Waals surface area (Å²) in [6, 6.07) is 9.79. The number of hydrogen-bond donors (Lipinski definition) is 1. The number of benzene rings is 1. The molecular formula is C20H24N2O3. The molecular weight excluding hydrogens is 316 g/mol. The van der Waals surface area contributed by atoms with Crippen molar-refractivity contribution in [1.82, 2.24) is 10.3 Å². The number of rotatable bonds is 7. The van der Waals surface area contributed by atoms with E-state index in [-0.39, 0.29) is 11.3 Å². The molecule has 3 rings (SSSR count). The van der Waals surface area contributed by atoms with E-state index in [1.807, 2.05) is 44.2 Å². The van der Waals surface area contributed by atoms with Crippen molar-refractivity contribution in [2.75, 3.05) is 13.7 Å². The minimum absolute atomic E-state index is 0.0382. The number of aromatic nitrogens is 1. The van der Waals surface area contributed by atoms with Gasteiger partial charge in [0.1, 0.15) is 5.75 Å². The molecule has 5 nitrogen and oxygen atoms in total. The van der Waals surface area contributed by atoms with Gasteiger partial charge in [-0.25, -0.2) is 4.98 Å². The van der Waals surface area contributed by atoms with Crippen molar-refractivity contribution in [1.29, 1.82) is 0 Å². The van der Waals surface area contributed by atoms with Crippen LogP contribution < -0.4 is 10.1 Å². The van der Waals surface area contributed by atoms with Crippen LogP contribution in [-0.2, 0) is 16.1 Å². The van der Waals surface area contributed by atoms with Crippen molar-refractivity contribution in [3.63, 3.8) is 0 Å². The number of amides is 1. The molecule has 1 aliphatic carbocycles. The van der Waals surface area contributed by atoms with Crippen molar-refractivity contribution < 1.29 is 14.3 Å². The number of hydrogen-bond acceptors (Lipinski definition) is 4. The molecule has 1 saturated carbocycles. The molecule has 1 aliphatic rings. The first-order chi connectivity index (χ1) is 12.1. The molecule has 2 aromatic rings. The lowest BCUT2D eigenvalue weighted by molar-refractivity contribution is -0.128. The van der Waals surface area contributed by atoms with E-state index in [0.29, 0.717) is 19.0 Å². The van der Waals surface area contributed by atoms with Crippen LogP contribution in [0.25, 0.3) is 0 Å². The van der Waals surface area contributed by atoms with Crippen molar-refractivity contribution in [2.45, 2.75) is 33.2 Å². The van der Waals surface area contributed by atoms with Gasteiger partial charge in [0.15, 0.2) is 0 Å². The van der Waals surface area contributed by atoms with Gasteiger partial charge in [-0.05, 0) is 43.9 Å². The summed E-state index contributed by atoms with van der Waals surface area (Å²) >= 11 is 0. The monoisotopic (exact) mass is 340 g/mol. The number of nitrogens with one attached hydrogen (secondary N) is 1. The van der Waals surface area contributed by atoms with E-state index in [9.17, 15) is 4.79 Å². The highest BCUT2D eigenvalue weighted by Crippen LogP contribution is 2.46. The van der Waals surface area contributed by atoms with Crippen molar-refractivity contribution in [2.24, 2.45) is 5.41 Å². The van der Waals surface area contributed by atoms with Gasteiger partial charge in [-0.3, -0.25) is 4.79 Å². The summed E-state index contributed by atoms with van der Waals surface area (Å²) < 4.78 is 11.2. The third kappa shape index (κ3) is 3.82. The molecule has 25 heavy (non-hydrogen) atoms. The Balaban J connectivity index is 1.72. The Morgan fingerprint density at radius 2 is 1.92 bits per heavy atom. The van der Waals surface area contributed by atoms with E-state index in [0.717, 1.165) is 35.3 Å². The summed E-state index contributed by atoms with van der Waals surface area (Å²) in [5.74, 6) is 1.37. The lowest BCUT2D eigenvalue weighted by atomic mass is 10.1. The molecule has 1 aromatic heterocycles. The Morgan fingerprint density at radius 1 is 1.20 bits per heavy atom. The van der Waals surface area contributed by atoms with Crippen LogP contribution >= 0.6 is 0 Å². The SMILES string of the molecule is COCC1(C(=O)NCc2cccnc2Oc2c(C)cccc2C)CC1. The van der Waals surface area contributed by atoms with Crippen molar-refractivity contribution in [3.05, 3.63) is 53.2 Å². The van der Waals surface area contributed by atoms with Gasteiger partial charge in [-0.1, -0.05) is 24.3 Å². The Bertz CT molecular complexity index is 749. The van der Waals surface area contributed by atoms with Gasteiger partial charge < -0.3 is 14.8 Å². The third-order valence-corrected chi connectivity index (χ3v) is 4.65. The molecule has 0 aliphatic heterocycles. The fraction of sp³-hybridized carbons (Fsp3) is 0.400. The zero-order chi connectivity index (χ0) is 17.9. The number of para-hydroxylation sites is 1. The molecule has 5 heteroatoms. The second-order valence-electron chi connectivity index (χ2n) is 6.69. The van der Waals surface area contributed by atoms with Gasteiger partial charge in [0, 0.05) is 25.4 Å². The Morgan fingerprint density at radius 3 is 2.56 bits per heavy atom. The minimum atomic E-state index is -0.343. The van der Waals surface area contributed by atoms with E-state index >= 15 is 0 Å². The number of carbonyl (C=O) groups excluding carboxylic acids is 1. The van der Waals surface area contributed by atoms with Crippen LogP contribution in [-0.4, -0.2) is 24.6 Å². The number of nitrogens with zero attached hydrogens (tertiary/aromatic N) is 1. The van der Waals surface area contributed by atoms with Gasteiger partial charge in [-0.2, -0.15) is 0 Å². The first-order valence-electron chi connectivity index (χ1n) is 8.51. The highest BCUT2D eigenvalue weighted by molar-refractivity contribution is 5.85. The Kier molecular flexibility index (Phi) is 5.04. The zero-order valence-corrected chi connectivity index (χ0v) is 15.0. The predicted molar refractivity (Wildman–Crippen MR) is 95.6 cm³/mol. The number of aryl methyl sites for hydroxylation is 2. The number of pyridine rings is 1. The van der Waals surface area contributed by atoms with Gasteiger partial charge in [0.2, 0.25) is 11.8 Å². The van der Waals surface area contributed by atoms with Crippen molar-refractivity contribution in [3.8, 4) is 11.6 Å². The molecule has 0 unspecified atom stereocenters. The molecule has 0 spiro atoms. The van der Waals surface area contributed by atoms with Gasteiger partial charge in [0.05, 0.1) is 12.0 Å². The first-order valence-corrected chi connectivity index (χ1v) is 8.51. The second-order valence-corrected chi connectivity index (χ2v) is 6.69. The standard InChI is InChI=1S/C20H24N2O3/c1-14-6-4-7-15(2)17(14)25-18-16(8-5-11-21-18)12-22-19(23)20(9-10-20)13-24-3/h4-8,11H,9-10,12-13H2,1-3H3,(H,22,23). The molecule has 1 aromatic carbocycles. The van der Waals surface area contributed by atoms with E-state index in [4.69, 9.17) is 9.47 Å². The molecule has 0 atom stereocenters. The quantitative estimate of drug-likeness (QED) is 0.837. The zero-order valence-electron chi connectivity index (χ0n) is 15.0. The molecule has 0 saturated heterocycles. The third-order valence-electron chi connectivity index (χ3n) is 4.65. The van der Waals surface area contributed by atoms with E-state index in [2.05, 4.69) is 10.3 Å². The second kappa shape index (κ2) is 7.23. The molecule has 1 amide bonds. The Hall–Kier alpha value is -2.40. The molecule has 0 radical (unpaired) electrons. The van der Waals surface area contributed by atoms with Crippen LogP contribution in [0.2, 0.25) is 0 Å². The normalized spacial score (nSPS) is 14.8. The summed E-state index contributed by atoms with van der Waals surface area (Å²) in [5.41, 5.74) is 2.62. The molecule has 132 valence electrons. The number of methoxy groups -OCH3 is 1. The fourth-order valence-electron chi connectivity index (χ4n) is 2.93. The van der Waals surface area contributed by atoms with Gasteiger partial charge in [0.25, 0.3) is 0 Å². The van der Waals surface area contributed by atoms with Gasteiger partial charge >= 0.3 is 0 Å². The lowest BCUT2D eigenvalue weighted by Gasteiger charge is -2.16. The van der Waals surface area contributed by atoms with Crippen molar-refractivity contribution >= 4 is 5.91 Å². The maximum atomic E-state index is 12.4. The summed E-state index contributed by atoms with van der Waals surface area (Å²) in [5, 5.41) is 3.00. The number of ether oxygens (including phenoxy) is 2. The summed E-state index contributed by atoms with van der Waals surface area (Å²) in [4.78, 5) is 16.8. The summed E-state index contributed by atoms with van der Waals surface area (Å²) in [7, 11) is 1.63. The van der Waals surface area contributed by atoms with Crippen LogP contribution in [0.15, 0.2) is 36.5 Å². The predicted octanol–water partition coefficient (Wildman–Crippen LogP) is 3.53.